The first-order chi connectivity index (χ1) is 14.5. The van der Waals surface area contributed by atoms with E-state index in [0.29, 0.717) is 33.2 Å². The number of aromatic nitrogens is 6. The third-order valence-corrected chi connectivity index (χ3v) is 5.48. The van der Waals surface area contributed by atoms with E-state index in [1.54, 1.807) is 16.8 Å². The van der Waals surface area contributed by atoms with Crippen molar-refractivity contribution in [3.8, 4) is 5.69 Å². The van der Waals surface area contributed by atoms with Gasteiger partial charge in [0.25, 0.3) is 5.56 Å². The number of hydrogen-bond acceptors (Lipinski definition) is 8. The minimum atomic E-state index is -0.484. The number of benzene rings is 2. The van der Waals surface area contributed by atoms with E-state index in [4.69, 9.17) is 4.74 Å². The van der Waals surface area contributed by atoms with Gasteiger partial charge in [-0.1, -0.05) is 23.9 Å². The summed E-state index contributed by atoms with van der Waals surface area (Å²) in [6.07, 6.45) is 0. The molecule has 0 aliphatic rings. The maximum Gasteiger partial charge on any atom is 0.337 e. The van der Waals surface area contributed by atoms with E-state index in [9.17, 15) is 9.59 Å². The summed E-state index contributed by atoms with van der Waals surface area (Å²) in [5.41, 5.74) is 3.52. The molecule has 0 radical (unpaired) electrons. The first-order valence-corrected chi connectivity index (χ1v) is 10.0. The molecule has 0 atom stereocenters. The largest absolute Gasteiger partial charge is 0.465 e. The first kappa shape index (κ1) is 19.8. The standard InChI is InChI=1S/C20H18N6O3S/c1-11-4-5-12(2)16(8-11)26-20(23-24-25-26)30-10-17-21-15-9-13(19(28)29-3)6-7-14(15)18(27)22-17/h4-9H,10H2,1-3H3,(H,21,22,27). The predicted octanol–water partition coefficient (Wildman–Crippen LogP) is 2.59. The molecule has 0 unspecified atom stereocenters. The Bertz CT molecular complexity index is 1310. The van der Waals surface area contributed by atoms with Crippen LogP contribution in [0.4, 0.5) is 0 Å². The Kier molecular flexibility index (Phi) is 5.32. The highest BCUT2D eigenvalue weighted by Gasteiger charge is 2.14. The zero-order chi connectivity index (χ0) is 21.3. The molecule has 0 amide bonds. The molecule has 152 valence electrons. The van der Waals surface area contributed by atoms with Gasteiger partial charge in [-0.3, -0.25) is 4.79 Å². The molecule has 0 saturated carbocycles. The van der Waals surface area contributed by atoms with Gasteiger partial charge in [0.2, 0.25) is 5.16 Å². The fourth-order valence-corrected chi connectivity index (χ4v) is 3.76. The third kappa shape index (κ3) is 3.81. The van der Waals surface area contributed by atoms with Gasteiger partial charge in [-0.15, -0.1) is 5.10 Å². The van der Waals surface area contributed by atoms with Gasteiger partial charge in [-0.25, -0.2) is 9.78 Å². The number of aryl methyl sites for hydroxylation is 2. The molecule has 30 heavy (non-hydrogen) atoms. The molecule has 0 saturated heterocycles. The summed E-state index contributed by atoms with van der Waals surface area (Å²) in [4.78, 5) is 31.4. The number of rotatable bonds is 5. The molecule has 0 spiro atoms. The number of carbonyl (C=O) groups is 1. The lowest BCUT2D eigenvalue weighted by Gasteiger charge is -2.08. The minimum absolute atomic E-state index is 0.277. The van der Waals surface area contributed by atoms with Gasteiger partial charge < -0.3 is 9.72 Å². The Morgan fingerprint density at radius 3 is 2.83 bits per heavy atom. The molecule has 9 nitrogen and oxygen atoms in total. The lowest BCUT2D eigenvalue weighted by atomic mass is 10.1. The number of esters is 1. The summed E-state index contributed by atoms with van der Waals surface area (Å²) in [5, 5.41) is 13.0. The average Bonchev–Trinajstić information content (AvgIpc) is 3.21. The van der Waals surface area contributed by atoms with E-state index in [0.717, 1.165) is 16.8 Å². The summed E-state index contributed by atoms with van der Waals surface area (Å²) >= 11 is 1.35. The molecule has 10 heteroatoms. The number of tetrazole rings is 1. The van der Waals surface area contributed by atoms with Gasteiger partial charge in [0.15, 0.2) is 0 Å². The van der Waals surface area contributed by atoms with E-state index < -0.39 is 5.97 Å². The number of ether oxygens (including phenoxy) is 1. The van der Waals surface area contributed by atoms with Crippen molar-refractivity contribution in [1.29, 1.82) is 0 Å². The van der Waals surface area contributed by atoms with Crippen molar-refractivity contribution in [2.24, 2.45) is 0 Å². The molecule has 2 aromatic carbocycles. The number of carbonyl (C=O) groups excluding carboxylic acids is 1. The van der Waals surface area contributed by atoms with Crippen LogP contribution in [0.5, 0.6) is 0 Å². The van der Waals surface area contributed by atoms with Crippen LogP contribution in [-0.4, -0.2) is 43.3 Å². The van der Waals surface area contributed by atoms with E-state index >= 15 is 0 Å². The second kappa shape index (κ2) is 8.07. The molecular weight excluding hydrogens is 404 g/mol. The van der Waals surface area contributed by atoms with Gasteiger partial charge in [0.05, 0.1) is 35.0 Å². The fraction of sp³-hybridized carbons (Fsp3) is 0.200. The van der Waals surface area contributed by atoms with Crippen LogP contribution in [0, 0.1) is 13.8 Å². The Hall–Kier alpha value is -3.53. The van der Waals surface area contributed by atoms with E-state index in [1.807, 2.05) is 32.0 Å². The van der Waals surface area contributed by atoms with Crippen LogP contribution in [0.25, 0.3) is 16.6 Å². The second-order valence-electron chi connectivity index (χ2n) is 6.69. The zero-order valence-electron chi connectivity index (χ0n) is 16.5. The van der Waals surface area contributed by atoms with Crippen molar-refractivity contribution >= 4 is 28.6 Å². The Labute approximate surface area is 175 Å². The van der Waals surface area contributed by atoms with Crippen molar-refractivity contribution in [3.05, 3.63) is 69.3 Å². The Morgan fingerprint density at radius 2 is 2.03 bits per heavy atom. The molecule has 4 rings (SSSR count). The van der Waals surface area contributed by atoms with Gasteiger partial charge in [0.1, 0.15) is 5.82 Å². The smallest absolute Gasteiger partial charge is 0.337 e. The Balaban J connectivity index is 1.63. The number of hydrogen-bond donors (Lipinski definition) is 1. The lowest BCUT2D eigenvalue weighted by Crippen LogP contribution is -2.12. The van der Waals surface area contributed by atoms with Crippen LogP contribution in [-0.2, 0) is 10.5 Å². The van der Waals surface area contributed by atoms with E-state index in [1.165, 1.54) is 24.9 Å². The SMILES string of the molecule is COC(=O)c1ccc2c(=O)[nH]c(CSc3nnnn3-c3cc(C)ccc3C)nc2c1. The van der Waals surface area contributed by atoms with Crippen LogP contribution < -0.4 is 5.56 Å². The van der Waals surface area contributed by atoms with E-state index in [-0.39, 0.29) is 5.56 Å². The molecule has 4 aromatic rings. The predicted molar refractivity (Wildman–Crippen MR) is 112 cm³/mol. The van der Waals surface area contributed by atoms with Crippen LogP contribution in [0.2, 0.25) is 0 Å². The molecule has 0 aliphatic heterocycles. The number of aromatic amines is 1. The number of methoxy groups -OCH3 is 1. The number of fused-ring (bicyclic) bond motifs is 1. The number of nitrogens with one attached hydrogen (secondary N) is 1. The zero-order valence-corrected chi connectivity index (χ0v) is 17.4. The summed E-state index contributed by atoms with van der Waals surface area (Å²) < 4.78 is 6.40. The molecule has 1 N–H and O–H groups in total. The second-order valence-corrected chi connectivity index (χ2v) is 7.63. The van der Waals surface area contributed by atoms with Crippen molar-refractivity contribution in [3.63, 3.8) is 0 Å². The highest BCUT2D eigenvalue weighted by atomic mass is 32.2. The highest BCUT2D eigenvalue weighted by Crippen LogP contribution is 2.24. The summed E-state index contributed by atoms with van der Waals surface area (Å²) in [6.45, 7) is 4.00. The maximum atomic E-state index is 12.4. The molecule has 0 bridgehead atoms. The Morgan fingerprint density at radius 1 is 1.20 bits per heavy atom. The molecule has 2 aromatic heterocycles. The van der Waals surface area contributed by atoms with Crippen LogP contribution in [0.1, 0.15) is 27.3 Å². The monoisotopic (exact) mass is 422 g/mol. The maximum absolute atomic E-state index is 12.4. The van der Waals surface area contributed by atoms with Crippen LogP contribution in [0.3, 0.4) is 0 Å². The third-order valence-electron chi connectivity index (χ3n) is 4.55. The number of thioether (sulfide) groups is 1. The molecular formula is C20H18N6O3S. The van der Waals surface area contributed by atoms with Gasteiger partial charge in [-0.2, -0.15) is 4.68 Å². The van der Waals surface area contributed by atoms with E-state index in [2.05, 4.69) is 25.5 Å². The molecule has 2 heterocycles. The molecule has 0 fully saturated rings. The average molecular weight is 422 g/mol. The molecule has 0 aliphatic carbocycles. The summed E-state index contributed by atoms with van der Waals surface area (Å²) in [7, 11) is 1.31. The normalized spacial score (nSPS) is 11.0. The van der Waals surface area contributed by atoms with Crippen molar-refractivity contribution < 1.29 is 9.53 Å². The topological polar surface area (TPSA) is 116 Å². The lowest BCUT2D eigenvalue weighted by molar-refractivity contribution is 0.0601. The fourth-order valence-electron chi connectivity index (χ4n) is 3.00. The number of nitrogens with zero attached hydrogens (tertiary/aromatic N) is 5. The van der Waals surface area contributed by atoms with Gasteiger partial charge in [-0.05, 0) is 59.7 Å². The van der Waals surface area contributed by atoms with Crippen LogP contribution >= 0.6 is 11.8 Å². The summed E-state index contributed by atoms with van der Waals surface area (Å²) in [5.74, 6) is 0.316. The number of H-pyrrole nitrogens is 1. The first-order valence-electron chi connectivity index (χ1n) is 9.06. The van der Waals surface area contributed by atoms with Gasteiger partial charge >= 0.3 is 5.97 Å². The van der Waals surface area contributed by atoms with Crippen molar-refractivity contribution in [2.75, 3.05) is 7.11 Å². The van der Waals surface area contributed by atoms with Crippen molar-refractivity contribution in [1.82, 2.24) is 30.2 Å². The highest BCUT2D eigenvalue weighted by molar-refractivity contribution is 7.98. The minimum Gasteiger partial charge on any atom is -0.465 e. The van der Waals surface area contributed by atoms with Crippen molar-refractivity contribution in [2.45, 2.75) is 24.8 Å². The van der Waals surface area contributed by atoms with Gasteiger partial charge in [0, 0.05) is 0 Å². The van der Waals surface area contributed by atoms with Crippen LogP contribution in [0.15, 0.2) is 46.3 Å². The summed E-state index contributed by atoms with van der Waals surface area (Å²) in [6, 6.07) is 10.7. The quantitative estimate of drug-likeness (QED) is 0.385.